The number of rotatable bonds is 4. The first-order chi connectivity index (χ1) is 9.73. The molecule has 1 heterocycles. The Morgan fingerprint density at radius 1 is 1.24 bits per heavy atom. The molecular formula is C15H27NO5. The average molecular weight is 301 g/mol. The van der Waals surface area contributed by atoms with E-state index in [9.17, 15) is 9.59 Å². The molecule has 0 aromatic heterocycles. The minimum atomic E-state index is -0.498. The van der Waals surface area contributed by atoms with Gasteiger partial charge < -0.3 is 19.1 Å². The van der Waals surface area contributed by atoms with E-state index in [1.807, 2.05) is 20.8 Å². The first kappa shape index (κ1) is 17.8. The molecule has 1 unspecified atom stereocenters. The van der Waals surface area contributed by atoms with E-state index in [4.69, 9.17) is 14.2 Å². The summed E-state index contributed by atoms with van der Waals surface area (Å²) in [7, 11) is 1.57. The van der Waals surface area contributed by atoms with Crippen molar-refractivity contribution in [2.75, 3.05) is 26.8 Å². The smallest absolute Gasteiger partial charge is 0.410 e. The number of carbonyl (C=O) groups is 2. The Morgan fingerprint density at radius 3 is 2.29 bits per heavy atom. The molecule has 122 valence electrons. The molecule has 1 saturated heterocycles. The molecule has 1 rings (SSSR count). The van der Waals surface area contributed by atoms with Gasteiger partial charge in [0.1, 0.15) is 11.7 Å². The number of likely N-dealkylation sites (tertiary alicyclic amines) is 1. The Morgan fingerprint density at radius 2 is 1.81 bits per heavy atom. The number of nitrogens with zero attached hydrogens (tertiary/aromatic N) is 1. The third-order valence-electron chi connectivity index (χ3n) is 3.20. The summed E-state index contributed by atoms with van der Waals surface area (Å²) >= 11 is 0. The lowest BCUT2D eigenvalue weighted by Gasteiger charge is -2.32. The van der Waals surface area contributed by atoms with Gasteiger partial charge in [-0.05, 0) is 40.5 Å². The molecule has 6 heteroatoms. The molecule has 21 heavy (non-hydrogen) atoms. The van der Waals surface area contributed by atoms with Crippen LogP contribution in [0, 0.1) is 5.92 Å². The molecule has 1 aliphatic rings. The number of methoxy groups -OCH3 is 1. The summed E-state index contributed by atoms with van der Waals surface area (Å²) in [5.74, 6) is -0.355. The number of amides is 1. The van der Waals surface area contributed by atoms with Gasteiger partial charge in [0, 0.05) is 20.2 Å². The van der Waals surface area contributed by atoms with Gasteiger partial charge in [-0.1, -0.05) is 0 Å². The van der Waals surface area contributed by atoms with E-state index in [0.717, 1.165) is 0 Å². The molecule has 0 saturated carbocycles. The molecule has 0 bridgehead atoms. The van der Waals surface area contributed by atoms with E-state index in [0.29, 0.717) is 32.5 Å². The van der Waals surface area contributed by atoms with Crippen LogP contribution in [0.15, 0.2) is 0 Å². The Kier molecular flexibility index (Phi) is 6.45. The van der Waals surface area contributed by atoms with Crippen LogP contribution >= 0.6 is 0 Å². The number of esters is 1. The second-order valence-corrected chi connectivity index (χ2v) is 6.44. The maximum Gasteiger partial charge on any atom is 0.410 e. The van der Waals surface area contributed by atoms with E-state index in [2.05, 4.69) is 0 Å². The fourth-order valence-corrected chi connectivity index (χ4v) is 2.19. The van der Waals surface area contributed by atoms with Crippen LogP contribution in [0.4, 0.5) is 4.79 Å². The summed E-state index contributed by atoms with van der Waals surface area (Å²) in [6.45, 7) is 8.75. The molecule has 1 aliphatic heterocycles. The minimum absolute atomic E-state index is 0.150. The lowest BCUT2D eigenvalue weighted by Crippen LogP contribution is -2.43. The summed E-state index contributed by atoms with van der Waals surface area (Å²) in [5, 5.41) is 0. The van der Waals surface area contributed by atoms with Crippen LogP contribution in [-0.2, 0) is 19.0 Å². The monoisotopic (exact) mass is 301 g/mol. The van der Waals surface area contributed by atoms with Gasteiger partial charge >= 0.3 is 12.1 Å². The minimum Gasteiger partial charge on any atom is -0.460 e. The van der Waals surface area contributed by atoms with Gasteiger partial charge in [-0.15, -0.1) is 0 Å². The summed E-state index contributed by atoms with van der Waals surface area (Å²) < 4.78 is 15.6. The average Bonchev–Trinajstić information content (AvgIpc) is 2.37. The molecule has 0 spiro atoms. The van der Waals surface area contributed by atoms with Crippen LogP contribution in [0.5, 0.6) is 0 Å². The molecule has 0 radical (unpaired) electrons. The van der Waals surface area contributed by atoms with Crippen molar-refractivity contribution in [1.29, 1.82) is 0 Å². The Hall–Kier alpha value is -1.30. The zero-order chi connectivity index (χ0) is 16.0. The van der Waals surface area contributed by atoms with Crippen molar-refractivity contribution in [1.82, 2.24) is 4.90 Å². The normalized spacial score (nSPS) is 18.2. The Balaban J connectivity index is 2.38. The second kappa shape index (κ2) is 7.64. The van der Waals surface area contributed by atoms with Crippen molar-refractivity contribution in [2.24, 2.45) is 5.92 Å². The van der Waals surface area contributed by atoms with Crippen molar-refractivity contribution in [2.45, 2.75) is 52.2 Å². The van der Waals surface area contributed by atoms with Gasteiger partial charge in [0.05, 0.1) is 12.5 Å². The molecule has 0 aromatic rings. The van der Waals surface area contributed by atoms with Crippen LogP contribution in [0.25, 0.3) is 0 Å². The van der Waals surface area contributed by atoms with Gasteiger partial charge in [-0.3, -0.25) is 4.79 Å². The van der Waals surface area contributed by atoms with E-state index >= 15 is 0 Å². The lowest BCUT2D eigenvalue weighted by atomic mass is 9.97. The molecule has 1 fully saturated rings. The molecule has 0 aromatic carbocycles. The highest BCUT2D eigenvalue weighted by Gasteiger charge is 2.31. The second-order valence-electron chi connectivity index (χ2n) is 6.44. The topological polar surface area (TPSA) is 65.1 Å². The zero-order valence-corrected chi connectivity index (χ0v) is 13.7. The summed E-state index contributed by atoms with van der Waals surface area (Å²) in [4.78, 5) is 25.5. The lowest BCUT2D eigenvalue weighted by molar-refractivity contribution is -0.157. The van der Waals surface area contributed by atoms with Crippen LogP contribution in [-0.4, -0.2) is 55.5 Å². The van der Waals surface area contributed by atoms with Crippen molar-refractivity contribution in [3.8, 4) is 0 Å². The quantitative estimate of drug-likeness (QED) is 0.745. The Bertz CT molecular complexity index is 356. The van der Waals surface area contributed by atoms with Crippen molar-refractivity contribution >= 4 is 12.1 Å². The number of hydrogen-bond acceptors (Lipinski definition) is 5. The molecular weight excluding hydrogens is 274 g/mol. The first-order valence-electron chi connectivity index (χ1n) is 7.40. The molecule has 0 N–H and O–H groups in total. The van der Waals surface area contributed by atoms with Gasteiger partial charge in [-0.25, -0.2) is 4.79 Å². The van der Waals surface area contributed by atoms with Gasteiger partial charge in [0.2, 0.25) is 0 Å². The largest absolute Gasteiger partial charge is 0.460 e. The molecule has 6 nitrogen and oxygen atoms in total. The summed E-state index contributed by atoms with van der Waals surface area (Å²) in [5.41, 5.74) is -0.498. The number of ether oxygens (including phenoxy) is 3. The fraction of sp³-hybridized carbons (Fsp3) is 0.867. The van der Waals surface area contributed by atoms with Crippen LogP contribution in [0.1, 0.15) is 40.5 Å². The van der Waals surface area contributed by atoms with E-state index < -0.39 is 5.60 Å². The SMILES string of the molecule is COCC(C)OC(=O)C1CCN(C(=O)OC(C)(C)C)CC1. The molecule has 1 atom stereocenters. The highest BCUT2D eigenvalue weighted by atomic mass is 16.6. The third-order valence-corrected chi connectivity index (χ3v) is 3.20. The number of hydrogen-bond donors (Lipinski definition) is 0. The number of piperidine rings is 1. The van der Waals surface area contributed by atoms with Crippen molar-refractivity contribution in [3.63, 3.8) is 0 Å². The van der Waals surface area contributed by atoms with Gasteiger partial charge in [0.15, 0.2) is 0 Å². The standard InChI is InChI=1S/C15H27NO5/c1-11(10-19-5)20-13(17)12-6-8-16(9-7-12)14(18)21-15(2,3)4/h11-12H,6-10H2,1-5H3. The maximum absolute atomic E-state index is 12.0. The van der Waals surface area contributed by atoms with Crippen LogP contribution in [0.2, 0.25) is 0 Å². The number of carbonyl (C=O) groups excluding carboxylic acids is 2. The predicted octanol–water partition coefficient (Wildman–Crippen LogP) is 2.21. The Labute approximate surface area is 126 Å². The van der Waals surface area contributed by atoms with Crippen LogP contribution in [0.3, 0.4) is 0 Å². The van der Waals surface area contributed by atoms with Gasteiger partial charge in [0.25, 0.3) is 0 Å². The van der Waals surface area contributed by atoms with Crippen LogP contribution < -0.4 is 0 Å². The summed E-state index contributed by atoms with van der Waals surface area (Å²) in [6.07, 6.45) is 0.656. The van der Waals surface area contributed by atoms with E-state index in [1.54, 1.807) is 18.9 Å². The third kappa shape index (κ3) is 6.33. The van der Waals surface area contributed by atoms with Crippen molar-refractivity contribution < 1.29 is 23.8 Å². The zero-order valence-electron chi connectivity index (χ0n) is 13.7. The van der Waals surface area contributed by atoms with E-state index in [1.165, 1.54) is 0 Å². The first-order valence-corrected chi connectivity index (χ1v) is 7.40. The van der Waals surface area contributed by atoms with Crippen molar-refractivity contribution in [3.05, 3.63) is 0 Å². The maximum atomic E-state index is 12.0. The highest BCUT2D eigenvalue weighted by molar-refractivity contribution is 5.73. The van der Waals surface area contributed by atoms with E-state index in [-0.39, 0.29) is 24.1 Å². The molecule has 1 amide bonds. The predicted molar refractivity (Wildman–Crippen MR) is 78.0 cm³/mol. The molecule has 0 aliphatic carbocycles. The summed E-state index contributed by atoms with van der Waals surface area (Å²) in [6, 6.07) is 0. The fourth-order valence-electron chi connectivity index (χ4n) is 2.19. The van der Waals surface area contributed by atoms with Gasteiger partial charge in [-0.2, -0.15) is 0 Å². The highest BCUT2D eigenvalue weighted by Crippen LogP contribution is 2.21.